The van der Waals surface area contributed by atoms with Crippen LogP contribution in [0.2, 0.25) is 5.02 Å². The van der Waals surface area contributed by atoms with Crippen molar-refractivity contribution in [2.24, 2.45) is 0 Å². The first-order valence-corrected chi connectivity index (χ1v) is 8.05. The third-order valence-corrected chi connectivity index (χ3v) is 5.80. The van der Waals surface area contributed by atoms with Crippen LogP contribution in [0.3, 0.4) is 0 Å². The van der Waals surface area contributed by atoms with Crippen molar-refractivity contribution in [2.45, 2.75) is 35.8 Å². The highest BCUT2D eigenvalue weighted by molar-refractivity contribution is 7.85. The van der Waals surface area contributed by atoms with Crippen molar-refractivity contribution in [2.75, 3.05) is 0 Å². The summed E-state index contributed by atoms with van der Waals surface area (Å²) in [5.41, 5.74) is 0.891. The summed E-state index contributed by atoms with van der Waals surface area (Å²) < 4.78 is 14.2. The Kier molecular flexibility index (Phi) is 3.71. The van der Waals surface area contributed by atoms with Gasteiger partial charge < -0.3 is 0 Å². The summed E-state index contributed by atoms with van der Waals surface area (Å²) in [6, 6.07) is 7.48. The molecule has 1 unspecified atom stereocenters. The number of nitrogens with zero attached hydrogens (tertiary/aromatic N) is 2. The zero-order valence-electron chi connectivity index (χ0n) is 10.5. The lowest BCUT2D eigenvalue weighted by Crippen LogP contribution is -2.11. The minimum Gasteiger partial charge on any atom is -0.254 e. The molecular weight excluding hydrogens is 280 g/mol. The molecule has 5 heteroatoms. The van der Waals surface area contributed by atoms with E-state index in [4.69, 9.17) is 11.6 Å². The molecule has 1 saturated carbocycles. The van der Waals surface area contributed by atoms with Crippen LogP contribution < -0.4 is 0 Å². The van der Waals surface area contributed by atoms with Crippen LogP contribution in [-0.2, 0) is 10.8 Å². The lowest BCUT2D eigenvalue weighted by atomic mass is 10.3. The van der Waals surface area contributed by atoms with Gasteiger partial charge in [0.25, 0.3) is 0 Å². The van der Waals surface area contributed by atoms with Gasteiger partial charge in [-0.1, -0.05) is 24.4 Å². The minimum absolute atomic E-state index is 0.271. The predicted octanol–water partition coefficient (Wildman–Crippen LogP) is 3.58. The average molecular weight is 295 g/mol. The summed E-state index contributed by atoms with van der Waals surface area (Å²) in [6.45, 7) is 0. The molecular formula is C14H15ClN2OS. The van der Waals surface area contributed by atoms with Crippen LogP contribution in [0.1, 0.15) is 25.7 Å². The van der Waals surface area contributed by atoms with Crippen LogP contribution in [0.15, 0.2) is 41.6 Å². The van der Waals surface area contributed by atoms with E-state index in [-0.39, 0.29) is 5.25 Å². The SMILES string of the molecule is O=S(c1ccc(-n2cccn2)cc1Cl)C1CCCC1. The Morgan fingerprint density at radius 3 is 2.74 bits per heavy atom. The van der Waals surface area contributed by atoms with Crippen molar-refractivity contribution in [3.8, 4) is 5.69 Å². The van der Waals surface area contributed by atoms with Crippen LogP contribution in [-0.4, -0.2) is 19.2 Å². The molecule has 100 valence electrons. The monoisotopic (exact) mass is 294 g/mol. The fourth-order valence-electron chi connectivity index (χ4n) is 2.50. The van der Waals surface area contributed by atoms with Crippen molar-refractivity contribution < 1.29 is 4.21 Å². The summed E-state index contributed by atoms with van der Waals surface area (Å²) in [5, 5.41) is 5.00. The second-order valence-electron chi connectivity index (χ2n) is 4.77. The second kappa shape index (κ2) is 5.47. The van der Waals surface area contributed by atoms with Gasteiger partial charge in [0.05, 0.1) is 26.4 Å². The summed E-state index contributed by atoms with van der Waals surface area (Å²) >= 11 is 6.29. The summed E-state index contributed by atoms with van der Waals surface area (Å²) in [5.74, 6) is 0. The summed E-state index contributed by atoms with van der Waals surface area (Å²) in [7, 11) is -0.987. The van der Waals surface area contributed by atoms with Crippen LogP contribution in [0, 0.1) is 0 Å². The van der Waals surface area contributed by atoms with E-state index in [1.54, 1.807) is 10.9 Å². The third kappa shape index (κ3) is 2.60. The van der Waals surface area contributed by atoms with Gasteiger partial charge in [-0.05, 0) is 37.1 Å². The van der Waals surface area contributed by atoms with Crippen molar-refractivity contribution >= 4 is 22.4 Å². The van der Waals surface area contributed by atoms with Crippen LogP contribution in [0.25, 0.3) is 5.69 Å². The van der Waals surface area contributed by atoms with Crippen LogP contribution in [0.4, 0.5) is 0 Å². The van der Waals surface area contributed by atoms with Crippen LogP contribution >= 0.6 is 11.6 Å². The van der Waals surface area contributed by atoms with E-state index in [9.17, 15) is 4.21 Å². The zero-order chi connectivity index (χ0) is 13.2. The maximum Gasteiger partial charge on any atom is 0.0661 e. The van der Waals surface area contributed by atoms with Gasteiger partial charge in [-0.15, -0.1) is 0 Å². The van der Waals surface area contributed by atoms with Crippen LogP contribution in [0.5, 0.6) is 0 Å². The molecule has 0 radical (unpaired) electrons. The molecule has 0 aliphatic heterocycles. The molecule has 0 saturated heterocycles. The van der Waals surface area contributed by atoms with Gasteiger partial charge >= 0.3 is 0 Å². The quantitative estimate of drug-likeness (QED) is 0.867. The Morgan fingerprint density at radius 2 is 2.11 bits per heavy atom. The number of halogens is 1. The fourth-order valence-corrected chi connectivity index (χ4v) is 4.48. The number of rotatable bonds is 3. The summed E-state index contributed by atoms with van der Waals surface area (Å²) in [6.07, 6.45) is 8.03. The number of benzene rings is 1. The van der Waals surface area contributed by atoms with E-state index in [0.29, 0.717) is 5.02 Å². The Balaban J connectivity index is 1.89. The fraction of sp³-hybridized carbons (Fsp3) is 0.357. The Bertz CT molecular complexity index is 591. The molecule has 2 aromatic rings. The van der Waals surface area contributed by atoms with E-state index >= 15 is 0 Å². The standard InChI is InChI=1S/C14H15ClN2OS/c15-13-10-11(17-9-3-8-16-17)6-7-14(13)19(18)12-4-1-2-5-12/h3,6-10,12H,1-2,4-5H2. The van der Waals surface area contributed by atoms with Crippen molar-refractivity contribution in [1.82, 2.24) is 9.78 Å². The van der Waals surface area contributed by atoms with E-state index < -0.39 is 10.8 Å². The highest BCUT2D eigenvalue weighted by Crippen LogP contribution is 2.31. The van der Waals surface area contributed by atoms with E-state index in [1.165, 1.54) is 12.8 Å². The molecule has 0 spiro atoms. The molecule has 1 atom stereocenters. The highest BCUT2D eigenvalue weighted by atomic mass is 35.5. The average Bonchev–Trinajstić information content (AvgIpc) is 3.11. The smallest absolute Gasteiger partial charge is 0.0661 e. The minimum atomic E-state index is -0.987. The normalized spacial score (nSPS) is 17.7. The Hall–Kier alpha value is -1.13. The van der Waals surface area contributed by atoms with Gasteiger partial charge in [-0.2, -0.15) is 5.10 Å². The largest absolute Gasteiger partial charge is 0.254 e. The molecule has 3 nitrogen and oxygen atoms in total. The number of hydrogen-bond acceptors (Lipinski definition) is 2. The molecule has 1 aromatic carbocycles. The van der Waals surface area contributed by atoms with Gasteiger partial charge in [0.1, 0.15) is 0 Å². The first-order valence-electron chi connectivity index (χ1n) is 6.46. The molecule has 1 aliphatic carbocycles. The number of hydrogen-bond donors (Lipinski definition) is 0. The maximum absolute atomic E-state index is 12.5. The maximum atomic E-state index is 12.5. The van der Waals surface area contributed by atoms with E-state index in [2.05, 4.69) is 5.10 Å². The van der Waals surface area contributed by atoms with E-state index in [0.717, 1.165) is 23.4 Å². The number of aromatic nitrogens is 2. The van der Waals surface area contributed by atoms with Gasteiger partial charge in [-0.3, -0.25) is 4.21 Å². The van der Waals surface area contributed by atoms with Gasteiger partial charge in [0, 0.05) is 17.6 Å². The first-order chi connectivity index (χ1) is 9.25. The molecule has 0 bridgehead atoms. The topological polar surface area (TPSA) is 34.9 Å². The molecule has 1 fully saturated rings. The van der Waals surface area contributed by atoms with Gasteiger partial charge in [0.2, 0.25) is 0 Å². The molecule has 1 aliphatic rings. The van der Waals surface area contributed by atoms with Crippen molar-refractivity contribution in [1.29, 1.82) is 0 Å². The van der Waals surface area contributed by atoms with Crippen molar-refractivity contribution in [3.05, 3.63) is 41.7 Å². The molecule has 19 heavy (non-hydrogen) atoms. The molecule has 1 heterocycles. The second-order valence-corrected chi connectivity index (χ2v) is 6.88. The zero-order valence-corrected chi connectivity index (χ0v) is 12.0. The van der Waals surface area contributed by atoms with Gasteiger partial charge in [-0.25, -0.2) is 4.68 Å². The predicted molar refractivity (Wildman–Crippen MR) is 77.2 cm³/mol. The Labute approximate surface area is 120 Å². The summed E-state index contributed by atoms with van der Waals surface area (Å²) in [4.78, 5) is 0.754. The van der Waals surface area contributed by atoms with E-state index in [1.807, 2.05) is 30.5 Å². The molecule has 1 aromatic heterocycles. The molecule has 0 amide bonds. The third-order valence-electron chi connectivity index (χ3n) is 3.51. The molecule has 0 N–H and O–H groups in total. The lowest BCUT2D eigenvalue weighted by molar-refractivity contribution is 0.669. The molecule has 3 rings (SSSR count). The highest BCUT2D eigenvalue weighted by Gasteiger charge is 2.24. The lowest BCUT2D eigenvalue weighted by Gasteiger charge is -2.11. The first kappa shape index (κ1) is 12.9. The van der Waals surface area contributed by atoms with Crippen molar-refractivity contribution in [3.63, 3.8) is 0 Å². The Morgan fingerprint density at radius 1 is 1.32 bits per heavy atom. The van der Waals surface area contributed by atoms with Gasteiger partial charge in [0.15, 0.2) is 0 Å².